The second-order valence-electron chi connectivity index (χ2n) is 6.63. The lowest BCUT2D eigenvalue weighted by Crippen LogP contribution is -2.48. The number of amides is 2. The van der Waals surface area contributed by atoms with E-state index in [1.54, 1.807) is 6.07 Å². The highest BCUT2D eigenvalue weighted by Gasteiger charge is 2.25. The van der Waals surface area contributed by atoms with E-state index in [4.69, 9.17) is 11.1 Å². The molecule has 170 valence electrons. The second-order valence-corrected chi connectivity index (χ2v) is 8.34. The summed E-state index contributed by atoms with van der Waals surface area (Å²) in [5.41, 5.74) is 6.13. The molecule has 12 heteroatoms. The van der Waals surface area contributed by atoms with Crippen molar-refractivity contribution in [2.45, 2.75) is 17.4 Å². The van der Waals surface area contributed by atoms with E-state index in [-0.39, 0.29) is 23.7 Å². The Kier molecular flexibility index (Phi) is 8.44. The normalized spacial score (nSPS) is 11.9. The number of aliphatic carboxylic acids is 1. The zero-order valence-corrected chi connectivity index (χ0v) is 17.7. The van der Waals surface area contributed by atoms with Crippen LogP contribution in [0.2, 0.25) is 0 Å². The SMILES string of the molecule is N=C(N)c1ccc(C(=O)NCCC(=O)NCC(NS(=O)(=O)c2ccccc2)C(=O)O)cc1. The molecule has 2 aromatic carbocycles. The number of amidine groups is 1. The minimum Gasteiger partial charge on any atom is -0.480 e. The maximum absolute atomic E-state index is 12.3. The van der Waals surface area contributed by atoms with Gasteiger partial charge >= 0.3 is 5.97 Å². The molecule has 0 radical (unpaired) electrons. The molecule has 2 rings (SSSR count). The van der Waals surface area contributed by atoms with E-state index in [0.717, 1.165) is 0 Å². The molecule has 0 aliphatic carbocycles. The van der Waals surface area contributed by atoms with Gasteiger partial charge in [0.1, 0.15) is 11.9 Å². The van der Waals surface area contributed by atoms with Crippen molar-refractivity contribution in [3.8, 4) is 0 Å². The molecule has 2 aromatic rings. The van der Waals surface area contributed by atoms with Gasteiger partial charge in [-0.3, -0.25) is 19.8 Å². The molecule has 0 spiro atoms. The van der Waals surface area contributed by atoms with Crippen molar-refractivity contribution in [2.24, 2.45) is 5.73 Å². The Balaban J connectivity index is 1.82. The van der Waals surface area contributed by atoms with E-state index in [2.05, 4.69) is 10.6 Å². The first-order valence-electron chi connectivity index (χ1n) is 9.39. The predicted octanol–water partition coefficient (Wildman–Crippen LogP) is -0.362. The molecule has 32 heavy (non-hydrogen) atoms. The summed E-state index contributed by atoms with van der Waals surface area (Å²) in [6.45, 7) is -0.493. The number of nitrogen functional groups attached to an aromatic ring is 1. The molecular weight excluding hydrogens is 438 g/mol. The van der Waals surface area contributed by atoms with Crippen molar-refractivity contribution in [3.63, 3.8) is 0 Å². The van der Waals surface area contributed by atoms with Gasteiger partial charge in [0.15, 0.2) is 0 Å². The third kappa shape index (κ3) is 7.18. The van der Waals surface area contributed by atoms with Crippen molar-refractivity contribution in [2.75, 3.05) is 13.1 Å². The number of carboxylic acids is 1. The number of nitrogens with two attached hydrogens (primary N) is 1. The largest absolute Gasteiger partial charge is 0.480 e. The van der Waals surface area contributed by atoms with Gasteiger partial charge in [-0.05, 0) is 24.3 Å². The number of nitrogens with one attached hydrogen (secondary N) is 4. The van der Waals surface area contributed by atoms with Crippen LogP contribution in [-0.2, 0) is 19.6 Å². The molecule has 0 bridgehead atoms. The highest BCUT2D eigenvalue weighted by molar-refractivity contribution is 7.89. The number of hydrogen-bond acceptors (Lipinski definition) is 6. The molecule has 0 fully saturated rings. The van der Waals surface area contributed by atoms with E-state index in [1.807, 2.05) is 4.72 Å². The van der Waals surface area contributed by atoms with Crippen LogP contribution < -0.4 is 21.1 Å². The van der Waals surface area contributed by atoms with Gasteiger partial charge in [0.25, 0.3) is 5.91 Å². The number of carboxylic acid groups (broad SMARTS) is 1. The fourth-order valence-electron chi connectivity index (χ4n) is 2.53. The maximum atomic E-state index is 12.3. The van der Waals surface area contributed by atoms with Gasteiger partial charge in [-0.25, -0.2) is 8.42 Å². The Morgan fingerprint density at radius 1 is 0.969 bits per heavy atom. The van der Waals surface area contributed by atoms with Crippen LogP contribution in [-0.4, -0.2) is 56.3 Å². The Labute approximate surface area is 184 Å². The average molecular weight is 462 g/mol. The third-order valence-corrected chi connectivity index (χ3v) is 5.74. The Hall–Kier alpha value is -3.77. The first kappa shape index (κ1) is 24.5. The Morgan fingerprint density at radius 3 is 2.12 bits per heavy atom. The minimum absolute atomic E-state index is 0.0212. The molecule has 0 aromatic heterocycles. The number of carbonyl (C=O) groups is 3. The van der Waals surface area contributed by atoms with Crippen molar-refractivity contribution >= 4 is 33.6 Å². The number of hydrogen-bond donors (Lipinski definition) is 6. The van der Waals surface area contributed by atoms with E-state index in [0.29, 0.717) is 11.1 Å². The van der Waals surface area contributed by atoms with Crippen LogP contribution in [0.5, 0.6) is 0 Å². The van der Waals surface area contributed by atoms with Gasteiger partial charge in [-0.2, -0.15) is 4.72 Å². The van der Waals surface area contributed by atoms with Crippen LogP contribution in [0.4, 0.5) is 0 Å². The van der Waals surface area contributed by atoms with E-state index >= 15 is 0 Å². The smallest absolute Gasteiger partial charge is 0.323 e. The monoisotopic (exact) mass is 461 g/mol. The molecule has 11 nitrogen and oxygen atoms in total. The Morgan fingerprint density at radius 2 is 1.56 bits per heavy atom. The van der Waals surface area contributed by atoms with Crippen LogP contribution in [0.25, 0.3) is 0 Å². The van der Waals surface area contributed by atoms with E-state index in [9.17, 15) is 27.9 Å². The summed E-state index contributed by atoms with van der Waals surface area (Å²) >= 11 is 0. The predicted molar refractivity (Wildman–Crippen MR) is 116 cm³/mol. The molecular formula is C20H23N5O6S. The van der Waals surface area contributed by atoms with Gasteiger partial charge in [0.2, 0.25) is 15.9 Å². The fourth-order valence-corrected chi connectivity index (χ4v) is 3.74. The molecule has 0 saturated carbocycles. The van der Waals surface area contributed by atoms with Crippen LogP contribution in [0.3, 0.4) is 0 Å². The molecule has 2 amide bonds. The summed E-state index contributed by atoms with van der Waals surface area (Å²) in [4.78, 5) is 35.3. The maximum Gasteiger partial charge on any atom is 0.323 e. The van der Waals surface area contributed by atoms with Crippen LogP contribution >= 0.6 is 0 Å². The fraction of sp³-hybridized carbons (Fsp3) is 0.200. The standard InChI is InChI=1S/C20H23N5O6S/c21-18(22)13-6-8-14(9-7-13)19(27)23-11-10-17(26)24-12-16(20(28)29)25-32(30,31)15-4-2-1-3-5-15/h1-9,16,25H,10-12H2,(H3,21,22)(H,23,27)(H,24,26)(H,28,29). The van der Waals surface area contributed by atoms with Crippen LogP contribution in [0.1, 0.15) is 22.3 Å². The van der Waals surface area contributed by atoms with E-state index < -0.39 is 40.4 Å². The number of rotatable bonds is 11. The molecule has 0 saturated heterocycles. The highest BCUT2D eigenvalue weighted by Crippen LogP contribution is 2.08. The quantitative estimate of drug-likeness (QED) is 0.194. The topological polar surface area (TPSA) is 192 Å². The van der Waals surface area contributed by atoms with Gasteiger partial charge in [0, 0.05) is 30.6 Å². The summed E-state index contributed by atoms with van der Waals surface area (Å²) in [5, 5.41) is 21.5. The van der Waals surface area contributed by atoms with Crippen molar-refractivity contribution < 1.29 is 27.9 Å². The van der Waals surface area contributed by atoms with Crippen LogP contribution in [0.15, 0.2) is 59.5 Å². The average Bonchev–Trinajstić information content (AvgIpc) is 2.77. The zero-order chi connectivity index (χ0) is 23.7. The first-order valence-corrected chi connectivity index (χ1v) is 10.9. The lowest BCUT2D eigenvalue weighted by atomic mass is 10.1. The number of carbonyl (C=O) groups excluding carboxylic acids is 2. The zero-order valence-electron chi connectivity index (χ0n) is 16.9. The molecule has 7 N–H and O–H groups in total. The van der Waals surface area contributed by atoms with Crippen molar-refractivity contribution in [1.82, 2.24) is 15.4 Å². The minimum atomic E-state index is -4.08. The highest BCUT2D eigenvalue weighted by atomic mass is 32.2. The summed E-state index contributed by atoms with van der Waals surface area (Å²) in [7, 11) is -4.08. The summed E-state index contributed by atoms with van der Waals surface area (Å²) < 4.78 is 26.6. The number of sulfonamides is 1. The summed E-state index contributed by atoms with van der Waals surface area (Å²) in [5.74, 6) is -2.58. The van der Waals surface area contributed by atoms with Gasteiger partial charge in [-0.1, -0.05) is 30.3 Å². The lowest BCUT2D eigenvalue weighted by molar-refractivity contribution is -0.138. The molecule has 0 aliphatic heterocycles. The van der Waals surface area contributed by atoms with Crippen molar-refractivity contribution in [1.29, 1.82) is 5.41 Å². The lowest BCUT2D eigenvalue weighted by Gasteiger charge is -2.15. The molecule has 0 heterocycles. The molecule has 0 aliphatic rings. The van der Waals surface area contributed by atoms with Gasteiger partial charge < -0.3 is 21.5 Å². The molecule has 1 unspecified atom stereocenters. The second kappa shape index (κ2) is 11.0. The van der Waals surface area contributed by atoms with E-state index in [1.165, 1.54) is 48.5 Å². The van der Waals surface area contributed by atoms with Gasteiger partial charge in [-0.15, -0.1) is 0 Å². The first-order chi connectivity index (χ1) is 15.1. The molecule has 1 atom stereocenters. The number of benzene rings is 2. The van der Waals surface area contributed by atoms with Crippen LogP contribution in [0, 0.1) is 5.41 Å². The third-order valence-electron chi connectivity index (χ3n) is 4.25. The summed E-state index contributed by atoms with van der Waals surface area (Å²) in [6, 6.07) is 11.7. The van der Waals surface area contributed by atoms with Crippen molar-refractivity contribution in [3.05, 3.63) is 65.7 Å². The summed E-state index contributed by atoms with van der Waals surface area (Å²) in [6.07, 6.45) is -0.144. The Bertz CT molecular complexity index is 1090. The van der Waals surface area contributed by atoms with Gasteiger partial charge in [0.05, 0.1) is 4.90 Å².